The van der Waals surface area contributed by atoms with E-state index < -0.39 is 5.97 Å². The van der Waals surface area contributed by atoms with Gasteiger partial charge in [0.15, 0.2) is 0 Å². The number of carbonyl (C=O) groups excluding carboxylic acids is 1. The minimum absolute atomic E-state index is 0.185. The van der Waals surface area contributed by atoms with Crippen LogP contribution in [0.15, 0.2) is 29.2 Å². The molecule has 4 nitrogen and oxygen atoms in total. The van der Waals surface area contributed by atoms with Crippen molar-refractivity contribution in [2.24, 2.45) is 0 Å². The molecule has 1 aromatic carbocycles. The second-order valence-electron chi connectivity index (χ2n) is 3.28. The van der Waals surface area contributed by atoms with E-state index in [4.69, 9.17) is 17.3 Å². The van der Waals surface area contributed by atoms with Crippen molar-refractivity contribution >= 4 is 46.3 Å². The molecule has 2 rings (SSSR count). The lowest BCUT2D eigenvalue weighted by atomic mass is 10.1. The molecule has 86 valence electrons. The van der Waals surface area contributed by atoms with Crippen molar-refractivity contribution in [2.75, 3.05) is 0 Å². The van der Waals surface area contributed by atoms with Crippen LogP contribution in [-0.2, 0) is 4.79 Å². The first-order valence-electron chi connectivity index (χ1n) is 4.64. The van der Waals surface area contributed by atoms with E-state index in [1.165, 1.54) is 23.9 Å². The number of thioether (sulfide) groups is 1. The Morgan fingerprint density at radius 3 is 2.82 bits per heavy atom. The average Bonchev–Trinajstić information content (AvgIpc) is 2.58. The highest BCUT2D eigenvalue weighted by Gasteiger charge is 2.21. The Hall–Kier alpha value is -1.66. The molecule has 0 aliphatic carbocycles. The zero-order valence-electron chi connectivity index (χ0n) is 8.47. The SMILES string of the molecule is O=C1NC(=S)SC1=Cc1cccc(C(=O)O)c1. The topological polar surface area (TPSA) is 66.4 Å². The maximum Gasteiger partial charge on any atom is 0.335 e. The Morgan fingerprint density at radius 2 is 2.24 bits per heavy atom. The van der Waals surface area contributed by atoms with Crippen molar-refractivity contribution < 1.29 is 14.7 Å². The number of amides is 1. The number of hydrogen-bond acceptors (Lipinski definition) is 4. The molecular weight excluding hydrogens is 258 g/mol. The van der Waals surface area contributed by atoms with Crippen LogP contribution in [-0.4, -0.2) is 21.3 Å². The Kier molecular flexibility index (Phi) is 3.26. The lowest BCUT2D eigenvalue weighted by Gasteiger charge is -1.97. The molecule has 17 heavy (non-hydrogen) atoms. The molecule has 0 saturated carbocycles. The van der Waals surface area contributed by atoms with E-state index in [1.54, 1.807) is 18.2 Å². The summed E-state index contributed by atoms with van der Waals surface area (Å²) >= 11 is 6.02. The van der Waals surface area contributed by atoms with Gasteiger partial charge in [0.25, 0.3) is 5.91 Å². The smallest absolute Gasteiger partial charge is 0.335 e. The van der Waals surface area contributed by atoms with Gasteiger partial charge < -0.3 is 10.4 Å². The molecule has 0 bridgehead atoms. The van der Waals surface area contributed by atoms with Gasteiger partial charge in [0.05, 0.1) is 10.5 Å². The summed E-state index contributed by atoms with van der Waals surface area (Å²) in [5.74, 6) is -1.25. The van der Waals surface area contributed by atoms with Gasteiger partial charge in [-0.15, -0.1) is 0 Å². The van der Waals surface area contributed by atoms with Crippen LogP contribution >= 0.6 is 24.0 Å². The normalized spacial score (nSPS) is 17.3. The van der Waals surface area contributed by atoms with Crippen LogP contribution in [0.25, 0.3) is 6.08 Å². The molecule has 1 fully saturated rings. The Morgan fingerprint density at radius 1 is 1.47 bits per heavy atom. The second-order valence-corrected chi connectivity index (χ2v) is 5.00. The quantitative estimate of drug-likeness (QED) is 0.631. The molecule has 0 radical (unpaired) electrons. The number of nitrogens with one attached hydrogen (secondary N) is 1. The molecule has 0 unspecified atom stereocenters. The Balaban J connectivity index is 2.33. The fourth-order valence-corrected chi connectivity index (χ4v) is 2.38. The van der Waals surface area contributed by atoms with Gasteiger partial charge >= 0.3 is 5.97 Å². The zero-order chi connectivity index (χ0) is 12.4. The molecule has 1 amide bonds. The van der Waals surface area contributed by atoms with Gasteiger partial charge in [-0.2, -0.15) is 0 Å². The van der Waals surface area contributed by atoms with E-state index in [9.17, 15) is 9.59 Å². The molecule has 0 spiro atoms. The molecular formula is C11H7NO3S2. The summed E-state index contributed by atoms with van der Waals surface area (Å²) in [6.07, 6.45) is 1.62. The van der Waals surface area contributed by atoms with Crippen molar-refractivity contribution in [3.05, 3.63) is 40.3 Å². The number of carboxylic acid groups (broad SMARTS) is 1. The van der Waals surface area contributed by atoms with Crippen LogP contribution < -0.4 is 5.32 Å². The van der Waals surface area contributed by atoms with Crippen molar-refractivity contribution in [1.82, 2.24) is 5.32 Å². The van der Waals surface area contributed by atoms with Crippen LogP contribution in [0.3, 0.4) is 0 Å². The van der Waals surface area contributed by atoms with Gasteiger partial charge in [-0.3, -0.25) is 4.79 Å². The summed E-state index contributed by atoms with van der Waals surface area (Å²) < 4.78 is 0.413. The van der Waals surface area contributed by atoms with Gasteiger partial charge in [0.1, 0.15) is 4.32 Å². The second kappa shape index (κ2) is 4.68. The van der Waals surface area contributed by atoms with Gasteiger partial charge in [0.2, 0.25) is 0 Å². The van der Waals surface area contributed by atoms with Crippen LogP contribution in [0.4, 0.5) is 0 Å². The summed E-state index contributed by atoms with van der Waals surface area (Å²) in [5, 5.41) is 11.3. The van der Waals surface area contributed by atoms with Crippen LogP contribution in [0.5, 0.6) is 0 Å². The summed E-state index contributed by atoms with van der Waals surface area (Å²) in [6.45, 7) is 0. The summed E-state index contributed by atoms with van der Waals surface area (Å²) in [5.41, 5.74) is 0.845. The number of rotatable bonds is 2. The molecule has 0 atom stereocenters. The highest BCUT2D eigenvalue weighted by Crippen LogP contribution is 2.25. The largest absolute Gasteiger partial charge is 0.478 e. The van der Waals surface area contributed by atoms with Crippen molar-refractivity contribution in [3.8, 4) is 0 Å². The Labute approximate surface area is 107 Å². The van der Waals surface area contributed by atoms with E-state index >= 15 is 0 Å². The van der Waals surface area contributed by atoms with Crippen molar-refractivity contribution in [3.63, 3.8) is 0 Å². The molecule has 1 saturated heterocycles. The number of thiocarbonyl (C=S) groups is 1. The van der Waals surface area contributed by atoms with E-state index in [-0.39, 0.29) is 11.5 Å². The minimum Gasteiger partial charge on any atom is -0.478 e. The summed E-state index contributed by atoms with van der Waals surface area (Å²) in [4.78, 5) is 22.7. The van der Waals surface area contributed by atoms with Crippen molar-refractivity contribution in [1.29, 1.82) is 0 Å². The first-order chi connectivity index (χ1) is 8.06. The average molecular weight is 265 g/mol. The van der Waals surface area contributed by atoms with Gasteiger partial charge in [0, 0.05) is 0 Å². The number of carbonyl (C=O) groups is 2. The number of aromatic carboxylic acids is 1. The molecule has 2 N–H and O–H groups in total. The minimum atomic E-state index is -0.996. The fraction of sp³-hybridized carbons (Fsp3) is 0. The predicted molar refractivity (Wildman–Crippen MR) is 69.7 cm³/mol. The van der Waals surface area contributed by atoms with E-state index in [1.807, 2.05) is 0 Å². The van der Waals surface area contributed by atoms with E-state index in [0.29, 0.717) is 14.8 Å². The molecule has 1 aromatic rings. The van der Waals surface area contributed by atoms with Gasteiger partial charge in [-0.05, 0) is 23.8 Å². The maximum absolute atomic E-state index is 11.4. The van der Waals surface area contributed by atoms with E-state index in [0.717, 1.165) is 0 Å². The third kappa shape index (κ3) is 2.72. The molecule has 1 aliphatic rings. The number of benzene rings is 1. The van der Waals surface area contributed by atoms with Crippen LogP contribution in [0, 0.1) is 0 Å². The third-order valence-electron chi connectivity index (χ3n) is 2.07. The zero-order valence-corrected chi connectivity index (χ0v) is 10.1. The first-order valence-corrected chi connectivity index (χ1v) is 5.87. The van der Waals surface area contributed by atoms with Gasteiger partial charge in [-0.1, -0.05) is 36.1 Å². The predicted octanol–water partition coefficient (Wildman–Crippen LogP) is 1.87. The van der Waals surface area contributed by atoms with Gasteiger partial charge in [-0.25, -0.2) is 4.79 Å². The summed E-state index contributed by atoms with van der Waals surface area (Å²) in [6, 6.07) is 6.36. The first kappa shape index (κ1) is 11.8. The fourth-order valence-electron chi connectivity index (χ4n) is 1.33. The lowest BCUT2D eigenvalue weighted by Crippen LogP contribution is -2.17. The van der Waals surface area contributed by atoms with Crippen molar-refractivity contribution in [2.45, 2.75) is 0 Å². The molecule has 6 heteroatoms. The molecule has 1 aliphatic heterocycles. The number of carboxylic acids is 1. The molecule has 0 aromatic heterocycles. The lowest BCUT2D eigenvalue weighted by molar-refractivity contribution is -0.115. The Bertz CT molecular complexity index is 551. The third-order valence-corrected chi connectivity index (χ3v) is 3.24. The highest BCUT2D eigenvalue weighted by molar-refractivity contribution is 8.26. The number of hydrogen-bond donors (Lipinski definition) is 2. The van der Waals surface area contributed by atoms with Crippen LogP contribution in [0.2, 0.25) is 0 Å². The molecule has 1 heterocycles. The standard InChI is InChI=1S/C11H7NO3S2/c13-9-8(17-11(16)12-9)5-6-2-1-3-7(4-6)10(14)15/h1-5H,(H,14,15)(H,12,13,16). The summed E-state index contributed by atoms with van der Waals surface area (Å²) in [7, 11) is 0. The monoisotopic (exact) mass is 265 g/mol. The highest BCUT2D eigenvalue weighted by atomic mass is 32.2. The maximum atomic E-state index is 11.4. The van der Waals surface area contributed by atoms with Crippen LogP contribution in [0.1, 0.15) is 15.9 Å². The van der Waals surface area contributed by atoms with E-state index in [2.05, 4.69) is 5.32 Å².